The molecule has 0 unspecified atom stereocenters. The van der Waals surface area contributed by atoms with Crippen molar-refractivity contribution in [2.24, 2.45) is 11.8 Å². The van der Waals surface area contributed by atoms with E-state index in [-0.39, 0.29) is 31.1 Å². The Morgan fingerprint density at radius 2 is 0.600 bits per heavy atom. The summed E-state index contributed by atoms with van der Waals surface area (Å²) in [6.45, 7) is 11.3. The van der Waals surface area contributed by atoms with Crippen molar-refractivity contribution in [1.82, 2.24) is 0 Å². The topological polar surface area (TPSA) is 78.9 Å². The fourth-order valence-electron chi connectivity index (χ4n) is 7.28. The highest BCUT2D eigenvalue weighted by Crippen LogP contribution is 2.17. The maximum Gasteiger partial charge on any atom is 0.306 e. The molecule has 55 heavy (non-hydrogen) atoms. The molecule has 0 aliphatic carbocycles. The number of ether oxygens (including phenoxy) is 3. The predicted molar refractivity (Wildman–Crippen MR) is 233 cm³/mol. The van der Waals surface area contributed by atoms with E-state index >= 15 is 0 Å². The average molecular weight is 779 g/mol. The lowest BCUT2D eigenvalue weighted by atomic mass is 10.0. The Morgan fingerprint density at radius 3 is 0.891 bits per heavy atom. The van der Waals surface area contributed by atoms with E-state index in [2.05, 4.69) is 34.6 Å². The molecule has 0 aromatic heterocycles. The van der Waals surface area contributed by atoms with Crippen molar-refractivity contribution in [3.63, 3.8) is 0 Å². The number of carbonyl (C=O) groups is 3. The highest BCUT2D eigenvalue weighted by atomic mass is 16.6. The van der Waals surface area contributed by atoms with Crippen molar-refractivity contribution in [2.75, 3.05) is 13.2 Å². The van der Waals surface area contributed by atoms with Crippen molar-refractivity contribution < 1.29 is 28.6 Å². The molecule has 0 aromatic carbocycles. The van der Waals surface area contributed by atoms with Crippen molar-refractivity contribution in [2.45, 2.75) is 272 Å². The Balaban J connectivity index is 4.05. The van der Waals surface area contributed by atoms with Gasteiger partial charge in [-0.25, -0.2) is 0 Å². The largest absolute Gasteiger partial charge is 0.462 e. The van der Waals surface area contributed by atoms with Gasteiger partial charge in [0.1, 0.15) is 13.2 Å². The highest BCUT2D eigenvalue weighted by Gasteiger charge is 2.19. The smallest absolute Gasteiger partial charge is 0.306 e. The van der Waals surface area contributed by atoms with E-state index in [1.165, 1.54) is 148 Å². The quantitative estimate of drug-likeness (QED) is 0.0348. The van der Waals surface area contributed by atoms with Crippen LogP contribution in [0.15, 0.2) is 0 Å². The van der Waals surface area contributed by atoms with Crippen molar-refractivity contribution in [3.8, 4) is 0 Å². The van der Waals surface area contributed by atoms with E-state index in [1.807, 2.05) is 0 Å². The first-order valence-electron chi connectivity index (χ1n) is 24.2. The Labute approximate surface area is 342 Å². The number of rotatable bonds is 43. The zero-order valence-corrected chi connectivity index (χ0v) is 37.6. The predicted octanol–water partition coefficient (Wildman–Crippen LogP) is 15.4. The number of hydrogen-bond acceptors (Lipinski definition) is 6. The maximum atomic E-state index is 12.6. The third-order valence-corrected chi connectivity index (χ3v) is 11.0. The van der Waals surface area contributed by atoms with Crippen LogP contribution in [0.5, 0.6) is 0 Å². The molecule has 6 nitrogen and oxygen atoms in total. The highest BCUT2D eigenvalue weighted by molar-refractivity contribution is 5.71. The molecule has 0 aromatic rings. The molecular weight excluding hydrogens is 685 g/mol. The molecule has 0 saturated carbocycles. The minimum atomic E-state index is -0.759. The van der Waals surface area contributed by atoms with Gasteiger partial charge in [-0.1, -0.05) is 227 Å². The summed E-state index contributed by atoms with van der Waals surface area (Å²) in [5, 5.41) is 0. The van der Waals surface area contributed by atoms with E-state index in [1.54, 1.807) is 0 Å². The molecule has 0 spiro atoms. The van der Waals surface area contributed by atoms with E-state index in [9.17, 15) is 14.4 Å². The van der Waals surface area contributed by atoms with Crippen molar-refractivity contribution in [1.29, 1.82) is 0 Å². The number of hydrogen-bond donors (Lipinski definition) is 0. The molecule has 6 heteroatoms. The van der Waals surface area contributed by atoms with Gasteiger partial charge in [0.15, 0.2) is 6.10 Å². The van der Waals surface area contributed by atoms with Gasteiger partial charge in [0.25, 0.3) is 0 Å². The summed E-state index contributed by atoms with van der Waals surface area (Å²) < 4.78 is 16.6. The average Bonchev–Trinajstić information content (AvgIpc) is 3.15. The Kier molecular flexibility index (Phi) is 40.8. The van der Waals surface area contributed by atoms with Gasteiger partial charge in [-0.05, 0) is 31.1 Å². The van der Waals surface area contributed by atoms with Gasteiger partial charge < -0.3 is 14.2 Å². The van der Waals surface area contributed by atoms with Crippen LogP contribution in [0.3, 0.4) is 0 Å². The van der Waals surface area contributed by atoms with E-state index in [0.717, 1.165) is 76.0 Å². The van der Waals surface area contributed by atoms with Crippen LogP contribution in [0.4, 0.5) is 0 Å². The van der Waals surface area contributed by atoms with Gasteiger partial charge in [-0.15, -0.1) is 0 Å². The molecular formula is C49H94O6. The molecule has 0 rings (SSSR count). The van der Waals surface area contributed by atoms with Crippen LogP contribution in [0.25, 0.3) is 0 Å². The van der Waals surface area contributed by atoms with E-state index in [0.29, 0.717) is 19.3 Å². The monoisotopic (exact) mass is 779 g/mol. The van der Waals surface area contributed by atoms with Crippen molar-refractivity contribution in [3.05, 3.63) is 0 Å². The second-order valence-corrected chi connectivity index (χ2v) is 17.7. The lowest BCUT2D eigenvalue weighted by Gasteiger charge is -2.18. The standard InChI is InChI=1S/C49H94O6/c1-6-7-8-27-34-39-47(50)53-42-46(55-49(52)41-36-31-26-22-21-24-29-33-38-45(4)5)43-54-48(51)40-35-30-25-20-18-16-14-12-10-9-11-13-15-17-19-23-28-32-37-44(2)3/h44-46H,6-43H2,1-5H3/t46-/m0/s1. The molecule has 326 valence electrons. The van der Waals surface area contributed by atoms with Crippen LogP contribution in [-0.4, -0.2) is 37.2 Å². The second kappa shape index (κ2) is 42.0. The van der Waals surface area contributed by atoms with Crippen LogP contribution in [0.1, 0.15) is 266 Å². The zero-order chi connectivity index (χ0) is 40.5. The van der Waals surface area contributed by atoms with Crippen LogP contribution in [0, 0.1) is 11.8 Å². The Morgan fingerprint density at radius 1 is 0.345 bits per heavy atom. The lowest BCUT2D eigenvalue weighted by molar-refractivity contribution is -0.167. The van der Waals surface area contributed by atoms with Crippen LogP contribution >= 0.6 is 0 Å². The molecule has 0 heterocycles. The molecule has 1 atom stereocenters. The minimum absolute atomic E-state index is 0.0656. The third-order valence-electron chi connectivity index (χ3n) is 11.0. The second-order valence-electron chi connectivity index (χ2n) is 17.7. The van der Waals surface area contributed by atoms with Gasteiger partial charge in [0.05, 0.1) is 0 Å². The van der Waals surface area contributed by atoms with E-state index in [4.69, 9.17) is 14.2 Å². The van der Waals surface area contributed by atoms with Crippen molar-refractivity contribution >= 4 is 17.9 Å². The molecule has 0 aliphatic rings. The van der Waals surface area contributed by atoms with Gasteiger partial charge in [-0.2, -0.15) is 0 Å². The fraction of sp³-hybridized carbons (Fsp3) is 0.939. The third kappa shape index (κ3) is 43.4. The maximum absolute atomic E-state index is 12.6. The first-order chi connectivity index (χ1) is 26.7. The Hall–Kier alpha value is -1.59. The summed E-state index contributed by atoms with van der Waals surface area (Å²) in [5.74, 6) is 0.783. The minimum Gasteiger partial charge on any atom is -0.462 e. The summed E-state index contributed by atoms with van der Waals surface area (Å²) in [6.07, 6.45) is 41.3. The van der Waals surface area contributed by atoms with Gasteiger partial charge >= 0.3 is 17.9 Å². The molecule has 0 N–H and O–H groups in total. The Bertz CT molecular complexity index is 839. The van der Waals surface area contributed by atoms with Gasteiger partial charge in [-0.3, -0.25) is 14.4 Å². The fourth-order valence-corrected chi connectivity index (χ4v) is 7.28. The van der Waals surface area contributed by atoms with Gasteiger partial charge in [0.2, 0.25) is 0 Å². The summed E-state index contributed by atoms with van der Waals surface area (Å²) >= 11 is 0. The molecule has 0 fully saturated rings. The van der Waals surface area contributed by atoms with Gasteiger partial charge in [0, 0.05) is 19.3 Å². The molecule has 0 saturated heterocycles. The van der Waals surface area contributed by atoms with E-state index < -0.39 is 6.10 Å². The summed E-state index contributed by atoms with van der Waals surface area (Å²) in [5.41, 5.74) is 0. The normalized spacial score (nSPS) is 12.1. The first kappa shape index (κ1) is 53.4. The SMILES string of the molecule is CCCCCCCC(=O)OC[C@@H](COC(=O)CCCCCCCCCCCCCCCCCCCCC(C)C)OC(=O)CCCCCCCCCCC(C)C. The molecule has 0 radical (unpaired) electrons. The number of carbonyl (C=O) groups excluding carboxylic acids is 3. The van der Waals surface area contributed by atoms with Crippen LogP contribution in [0.2, 0.25) is 0 Å². The lowest BCUT2D eigenvalue weighted by Crippen LogP contribution is -2.30. The molecule has 0 bridgehead atoms. The molecule has 0 aliphatic heterocycles. The summed E-state index contributed by atoms with van der Waals surface area (Å²) in [4.78, 5) is 37.5. The zero-order valence-electron chi connectivity index (χ0n) is 37.6. The molecule has 0 amide bonds. The summed E-state index contributed by atoms with van der Waals surface area (Å²) in [7, 11) is 0. The first-order valence-corrected chi connectivity index (χ1v) is 24.2. The van der Waals surface area contributed by atoms with Crippen LogP contribution in [-0.2, 0) is 28.6 Å². The number of esters is 3. The summed E-state index contributed by atoms with van der Waals surface area (Å²) in [6, 6.07) is 0. The van der Waals surface area contributed by atoms with Crippen LogP contribution < -0.4 is 0 Å². The number of unbranched alkanes of at least 4 members (excludes halogenated alkanes) is 28.